The fraction of sp³-hybridized carbons (Fsp3) is 0.600. The third-order valence-corrected chi connectivity index (χ3v) is 5.61. The van der Waals surface area contributed by atoms with Gasteiger partial charge in [-0.15, -0.1) is 0 Å². The molecule has 0 aromatic heterocycles. The quantitative estimate of drug-likeness (QED) is 0.814. The van der Waals surface area contributed by atoms with E-state index in [2.05, 4.69) is 17.1 Å². The Morgan fingerprint density at radius 2 is 1.90 bits per heavy atom. The maximum absolute atomic E-state index is 6.30. The van der Waals surface area contributed by atoms with E-state index in [-0.39, 0.29) is 6.04 Å². The normalized spacial score (nSPS) is 25.1. The average molecular weight is 334 g/mol. The van der Waals surface area contributed by atoms with E-state index in [4.69, 9.17) is 34.8 Å². The van der Waals surface area contributed by atoms with E-state index in [0.29, 0.717) is 21.1 Å². The van der Waals surface area contributed by atoms with Crippen LogP contribution in [0, 0.1) is 0 Å². The molecule has 5 heteroatoms. The van der Waals surface area contributed by atoms with Crippen LogP contribution in [0.25, 0.3) is 0 Å². The molecule has 1 aliphatic heterocycles. The van der Waals surface area contributed by atoms with Crippen molar-refractivity contribution < 1.29 is 0 Å². The summed E-state index contributed by atoms with van der Waals surface area (Å²) in [5, 5.41) is 5.19. The van der Waals surface area contributed by atoms with Crippen molar-refractivity contribution in [3.63, 3.8) is 0 Å². The second kappa shape index (κ2) is 6.02. The molecule has 2 nitrogen and oxygen atoms in total. The summed E-state index contributed by atoms with van der Waals surface area (Å²) in [5.41, 5.74) is 1.02. The Labute approximate surface area is 135 Å². The predicted molar refractivity (Wildman–Crippen MR) is 86.0 cm³/mol. The minimum Gasteiger partial charge on any atom is -0.306 e. The Morgan fingerprint density at radius 1 is 1.15 bits per heavy atom. The predicted octanol–water partition coefficient (Wildman–Crippen LogP) is 4.53. The van der Waals surface area contributed by atoms with Gasteiger partial charge in [0.05, 0.1) is 15.1 Å². The van der Waals surface area contributed by atoms with Gasteiger partial charge in [-0.05, 0) is 37.8 Å². The molecule has 1 saturated carbocycles. The molecule has 1 aromatic rings. The summed E-state index contributed by atoms with van der Waals surface area (Å²) in [6.45, 7) is 4.49. The van der Waals surface area contributed by atoms with E-state index >= 15 is 0 Å². The molecule has 2 fully saturated rings. The average Bonchev–Trinajstić information content (AvgIpc) is 3.17. The van der Waals surface area contributed by atoms with Crippen molar-refractivity contribution in [2.24, 2.45) is 0 Å². The molecule has 0 spiro atoms. The van der Waals surface area contributed by atoms with Crippen LogP contribution in [0.15, 0.2) is 12.1 Å². The summed E-state index contributed by atoms with van der Waals surface area (Å²) in [6, 6.07) is 5.35. The molecule has 1 aliphatic carbocycles. The van der Waals surface area contributed by atoms with Gasteiger partial charge in [0.2, 0.25) is 0 Å². The molecule has 110 valence electrons. The van der Waals surface area contributed by atoms with Crippen LogP contribution in [-0.4, -0.2) is 30.1 Å². The summed E-state index contributed by atoms with van der Waals surface area (Å²) in [7, 11) is 0. The first-order chi connectivity index (χ1) is 9.56. The van der Waals surface area contributed by atoms with Gasteiger partial charge in [0.25, 0.3) is 0 Å². The maximum Gasteiger partial charge on any atom is 0.0781 e. The second-order valence-corrected chi connectivity index (χ2v) is 7.03. The summed E-state index contributed by atoms with van der Waals surface area (Å²) in [4.78, 5) is 2.60. The van der Waals surface area contributed by atoms with Gasteiger partial charge in [-0.1, -0.05) is 40.9 Å². The van der Waals surface area contributed by atoms with Crippen molar-refractivity contribution in [3.05, 3.63) is 32.8 Å². The molecule has 1 N–H and O–H groups in total. The van der Waals surface area contributed by atoms with Gasteiger partial charge in [-0.2, -0.15) is 0 Å². The van der Waals surface area contributed by atoms with E-state index in [9.17, 15) is 0 Å². The first kappa shape index (κ1) is 14.9. The van der Waals surface area contributed by atoms with E-state index in [1.165, 1.54) is 25.8 Å². The molecular formula is C15H19Cl3N2. The minimum absolute atomic E-state index is 0.182. The Hall–Kier alpha value is 0.01000. The van der Waals surface area contributed by atoms with Gasteiger partial charge >= 0.3 is 0 Å². The SMILES string of the molecule is CC(NC1CCN(C2CC2)C1)c1ccc(Cl)c(Cl)c1Cl. The van der Waals surface area contributed by atoms with Crippen molar-refractivity contribution >= 4 is 34.8 Å². The monoisotopic (exact) mass is 332 g/mol. The van der Waals surface area contributed by atoms with Crippen molar-refractivity contribution in [1.29, 1.82) is 0 Å². The number of halogens is 3. The lowest BCUT2D eigenvalue weighted by Crippen LogP contribution is -2.35. The highest BCUT2D eigenvalue weighted by Crippen LogP contribution is 2.36. The number of likely N-dealkylation sites (tertiary alicyclic amines) is 1. The number of benzene rings is 1. The zero-order chi connectivity index (χ0) is 14.3. The molecule has 1 heterocycles. The smallest absolute Gasteiger partial charge is 0.0781 e. The highest BCUT2D eigenvalue weighted by atomic mass is 35.5. The summed E-state index contributed by atoms with van der Waals surface area (Å²) >= 11 is 18.4. The molecule has 0 bridgehead atoms. The van der Waals surface area contributed by atoms with Gasteiger partial charge in [-0.25, -0.2) is 0 Å². The van der Waals surface area contributed by atoms with Gasteiger partial charge in [0.1, 0.15) is 0 Å². The van der Waals surface area contributed by atoms with Crippen LogP contribution < -0.4 is 5.32 Å². The van der Waals surface area contributed by atoms with Crippen LogP contribution in [-0.2, 0) is 0 Å². The van der Waals surface area contributed by atoms with Crippen LogP contribution in [0.2, 0.25) is 15.1 Å². The first-order valence-electron chi connectivity index (χ1n) is 7.19. The van der Waals surface area contributed by atoms with Crippen LogP contribution in [0.4, 0.5) is 0 Å². The lowest BCUT2D eigenvalue weighted by Gasteiger charge is -2.22. The van der Waals surface area contributed by atoms with E-state index in [1.54, 1.807) is 0 Å². The Morgan fingerprint density at radius 3 is 2.60 bits per heavy atom. The Balaban J connectivity index is 1.64. The zero-order valence-corrected chi connectivity index (χ0v) is 13.8. The number of nitrogens with zero attached hydrogens (tertiary/aromatic N) is 1. The van der Waals surface area contributed by atoms with Crippen molar-refractivity contribution in [2.45, 2.75) is 44.3 Å². The van der Waals surface area contributed by atoms with E-state index < -0.39 is 0 Å². The highest BCUT2D eigenvalue weighted by molar-refractivity contribution is 6.48. The molecule has 1 aromatic carbocycles. The van der Waals surface area contributed by atoms with Gasteiger partial charge in [0.15, 0.2) is 0 Å². The van der Waals surface area contributed by atoms with E-state index in [1.807, 2.05) is 12.1 Å². The van der Waals surface area contributed by atoms with Crippen LogP contribution in [0.3, 0.4) is 0 Å². The Kier molecular flexibility index (Phi) is 4.49. The molecule has 20 heavy (non-hydrogen) atoms. The number of hydrogen-bond acceptors (Lipinski definition) is 2. The van der Waals surface area contributed by atoms with Gasteiger partial charge in [-0.3, -0.25) is 4.90 Å². The highest BCUT2D eigenvalue weighted by Gasteiger charge is 2.34. The largest absolute Gasteiger partial charge is 0.306 e. The number of hydrogen-bond donors (Lipinski definition) is 1. The molecule has 1 saturated heterocycles. The Bertz CT molecular complexity index is 502. The minimum atomic E-state index is 0.182. The first-order valence-corrected chi connectivity index (χ1v) is 8.33. The number of nitrogens with one attached hydrogen (secondary N) is 1. The van der Waals surface area contributed by atoms with Crippen LogP contribution in [0.1, 0.15) is 37.8 Å². The van der Waals surface area contributed by atoms with Gasteiger partial charge < -0.3 is 5.32 Å². The van der Waals surface area contributed by atoms with Crippen LogP contribution >= 0.6 is 34.8 Å². The molecule has 2 aliphatic rings. The summed E-state index contributed by atoms with van der Waals surface area (Å²) in [5.74, 6) is 0. The summed E-state index contributed by atoms with van der Waals surface area (Å²) in [6.07, 6.45) is 3.96. The van der Waals surface area contributed by atoms with Crippen LogP contribution in [0.5, 0.6) is 0 Å². The lowest BCUT2D eigenvalue weighted by atomic mass is 10.1. The van der Waals surface area contributed by atoms with E-state index in [0.717, 1.165) is 18.2 Å². The molecule has 3 rings (SSSR count). The second-order valence-electron chi connectivity index (χ2n) is 5.86. The van der Waals surface area contributed by atoms with Gasteiger partial charge in [0, 0.05) is 31.2 Å². The topological polar surface area (TPSA) is 15.3 Å². The third-order valence-electron chi connectivity index (χ3n) is 4.30. The van der Waals surface area contributed by atoms with Crippen molar-refractivity contribution in [1.82, 2.24) is 10.2 Å². The molecule has 0 radical (unpaired) electrons. The third kappa shape index (κ3) is 3.10. The van der Waals surface area contributed by atoms with Crippen molar-refractivity contribution in [3.8, 4) is 0 Å². The van der Waals surface area contributed by atoms with Crippen molar-refractivity contribution in [2.75, 3.05) is 13.1 Å². The molecule has 2 atom stereocenters. The molecular weight excluding hydrogens is 315 g/mol. The fourth-order valence-electron chi connectivity index (χ4n) is 3.01. The molecule has 0 amide bonds. The zero-order valence-electron chi connectivity index (χ0n) is 11.5. The summed E-state index contributed by atoms with van der Waals surface area (Å²) < 4.78 is 0. The lowest BCUT2D eigenvalue weighted by molar-refractivity contribution is 0.313. The maximum atomic E-state index is 6.30. The number of rotatable bonds is 4. The standard InChI is InChI=1S/C15H19Cl3N2/c1-9(12-4-5-13(16)15(18)14(12)17)19-10-6-7-20(8-10)11-2-3-11/h4-5,9-11,19H,2-3,6-8H2,1H3. The fourth-order valence-corrected chi connectivity index (χ4v) is 3.72. The molecule has 2 unspecified atom stereocenters.